The first-order valence-corrected chi connectivity index (χ1v) is 9.07. The number of fused-ring (bicyclic) bond motifs is 3. The van der Waals surface area contributed by atoms with Crippen LogP contribution < -0.4 is 5.32 Å². The zero-order valence-corrected chi connectivity index (χ0v) is 14.6. The number of aromatic nitrogens is 6. The van der Waals surface area contributed by atoms with Gasteiger partial charge in [-0.3, -0.25) is 4.40 Å². The van der Waals surface area contributed by atoms with Gasteiger partial charge in [-0.05, 0) is 31.2 Å². The molecule has 4 heterocycles. The van der Waals surface area contributed by atoms with E-state index in [-0.39, 0.29) is 0 Å². The van der Waals surface area contributed by atoms with Gasteiger partial charge in [0.15, 0.2) is 11.3 Å². The van der Waals surface area contributed by atoms with Crippen LogP contribution in [0.4, 0.5) is 5.82 Å². The molecule has 2 N–H and O–H groups in total. The SMILES string of the molecule is N#Cc1cnc(NC[C@H]2CC[C@@H](c3ncc4cnc5[nH]ccc5n34)C2)cn1. The summed E-state index contributed by atoms with van der Waals surface area (Å²) in [6.45, 7) is 0.849. The minimum absolute atomic E-state index is 0.332. The molecule has 27 heavy (non-hydrogen) atoms. The van der Waals surface area contributed by atoms with E-state index in [0.717, 1.165) is 48.3 Å². The van der Waals surface area contributed by atoms with Crippen LogP contribution in [0.5, 0.6) is 0 Å². The molecule has 1 fully saturated rings. The number of aromatic amines is 1. The van der Waals surface area contributed by atoms with Gasteiger partial charge in [-0.15, -0.1) is 0 Å². The third-order valence-electron chi connectivity index (χ3n) is 5.33. The molecule has 1 aliphatic carbocycles. The Labute approximate surface area is 155 Å². The molecule has 0 amide bonds. The lowest BCUT2D eigenvalue weighted by atomic mass is 10.0. The van der Waals surface area contributed by atoms with Crippen molar-refractivity contribution in [2.24, 2.45) is 5.92 Å². The lowest BCUT2D eigenvalue weighted by molar-refractivity contribution is 0.559. The molecule has 1 aliphatic rings. The highest BCUT2D eigenvalue weighted by molar-refractivity contribution is 5.75. The van der Waals surface area contributed by atoms with E-state index in [4.69, 9.17) is 10.2 Å². The summed E-state index contributed by atoms with van der Waals surface area (Å²) >= 11 is 0. The molecule has 1 saturated carbocycles. The fourth-order valence-corrected chi connectivity index (χ4v) is 4.01. The third kappa shape index (κ3) is 2.77. The van der Waals surface area contributed by atoms with Gasteiger partial charge in [0, 0.05) is 18.7 Å². The van der Waals surface area contributed by atoms with Gasteiger partial charge in [0.1, 0.15) is 17.7 Å². The lowest BCUT2D eigenvalue weighted by Gasteiger charge is -2.13. The Balaban J connectivity index is 1.31. The molecule has 8 nitrogen and oxygen atoms in total. The molecule has 5 rings (SSSR count). The van der Waals surface area contributed by atoms with E-state index in [2.05, 4.69) is 35.7 Å². The highest BCUT2D eigenvalue weighted by atomic mass is 15.1. The first-order chi connectivity index (χ1) is 13.3. The fraction of sp³-hybridized carbons (Fsp3) is 0.316. The minimum atomic E-state index is 0.332. The van der Waals surface area contributed by atoms with Gasteiger partial charge >= 0.3 is 0 Å². The Bertz CT molecular complexity index is 1130. The largest absolute Gasteiger partial charge is 0.369 e. The van der Waals surface area contributed by atoms with Crippen LogP contribution in [0.3, 0.4) is 0 Å². The van der Waals surface area contributed by atoms with Crippen LogP contribution in [0.1, 0.15) is 36.7 Å². The molecule has 4 aromatic rings. The predicted octanol–water partition coefficient (Wildman–Crippen LogP) is 2.87. The van der Waals surface area contributed by atoms with Crippen molar-refractivity contribution in [1.82, 2.24) is 29.3 Å². The first kappa shape index (κ1) is 15.8. The molecule has 8 heteroatoms. The molecular formula is C19H18N8. The second-order valence-corrected chi connectivity index (χ2v) is 7.00. The number of nitriles is 1. The highest BCUT2D eigenvalue weighted by Gasteiger charge is 2.29. The standard InChI is InChI=1S/C19H18N8/c20-6-14-8-24-17(11-22-14)23-7-12-1-2-13(5-12)19-26-10-15-9-25-18-16(27(15)19)3-4-21-18/h3-4,8-13,21H,1-2,5,7H2,(H,23,24)/t12-,13+/m0/s1. The molecular weight excluding hydrogens is 340 g/mol. The molecule has 2 atom stereocenters. The van der Waals surface area contributed by atoms with E-state index in [9.17, 15) is 0 Å². The van der Waals surface area contributed by atoms with Crippen LogP contribution in [0, 0.1) is 17.2 Å². The van der Waals surface area contributed by atoms with Gasteiger partial charge < -0.3 is 10.3 Å². The molecule has 0 aliphatic heterocycles. The summed E-state index contributed by atoms with van der Waals surface area (Å²) in [5.74, 6) is 2.83. The number of anilines is 1. The van der Waals surface area contributed by atoms with Crippen molar-refractivity contribution >= 4 is 22.5 Å². The normalized spacial score (nSPS) is 19.5. The summed E-state index contributed by atoms with van der Waals surface area (Å²) in [5.41, 5.74) is 3.33. The topological polar surface area (TPSA) is 108 Å². The van der Waals surface area contributed by atoms with E-state index in [1.807, 2.05) is 24.7 Å². The van der Waals surface area contributed by atoms with Gasteiger partial charge in [-0.25, -0.2) is 19.9 Å². The van der Waals surface area contributed by atoms with Gasteiger partial charge in [0.25, 0.3) is 0 Å². The summed E-state index contributed by atoms with van der Waals surface area (Å²) in [4.78, 5) is 20.6. The van der Waals surface area contributed by atoms with Crippen LogP contribution in [-0.4, -0.2) is 35.9 Å². The van der Waals surface area contributed by atoms with Crippen LogP contribution in [0.15, 0.2) is 37.1 Å². The number of imidazole rings is 1. The molecule has 0 spiro atoms. The Morgan fingerprint density at radius 2 is 2.07 bits per heavy atom. The van der Waals surface area contributed by atoms with Gasteiger partial charge in [0.2, 0.25) is 0 Å². The molecule has 0 unspecified atom stereocenters. The Morgan fingerprint density at radius 3 is 2.93 bits per heavy atom. The maximum Gasteiger partial charge on any atom is 0.158 e. The smallest absolute Gasteiger partial charge is 0.158 e. The van der Waals surface area contributed by atoms with E-state index < -0.39 is 0 Å². The Kier molecular flexibility index (Phi) is 3.71. The lowest BCUT2D eigenvalue weighted by Crippen LogP contribution is -2.13. The molecule has 0 saturated heterocycles. The maximum atomic E-state index is 8.79. The number of hydrogen-bond donors (Lipinski definition) is 2. The second-order valence-electron chi connectivity index (χ2n) is 7.00. The van der Waals surface area contributed by atoms with Crippen LogP contribution >= 0.6 is 0 Å². The maximum absolute atomic E-state index is 8.79. The van der Waals surface area contributed by atoms with E-state index >= 15 is 0 Å². The third-order valence-corrected chi connectivity index (χ3v) is 5.33. The summed E-state index contributed by atoms with van der Waals surface area (Å²) < 4.78 is 2.23. The summed E-state index contributed by atoms with van der Waals surface area (Å²) in [5, 5.41) is 12.1. The van der Waals surface area contributed by atoms with Crippen LogP contribution in [0.25, 0.3) is 16.7 Å². The van der Waals surface area contributed by atoms with Gasteiger partial charge in [-0.1, -0.05) is 0 Å². The Morgan fingerprint density at radius 1 is 1.15 bits per heavy atom. The number of nitrogens with one attached hydrogen (secondary N) is 2. The highest BCUT2D eigenvalue weighted by Crippen LogP contribution is 2.38. The monoisotopic (exact) mass is 358 g/mol. The van der Waals surface area contributed by atoms with Crippen LogP contribution in [-0.2, 0) is 0 Å². The predicted molar refractivity (Wildman–Crippen MR) is 100 cm³/mol. The molecule has 0 radical (unpaired) electrons. The van der Waals surface area contributed by atoms with Crippen molar-refractivity contribution in [2.45, 2.75) is 25.2 Å². The first-order valence-electron chi connectivity index (χ1n) is 9.07. The van der Waals surface area contributed by atoms with Crippen molar-refractivity contribution in [3.05, 3.63) is 48.6 Å². The average Bonchev–Trinajstić information content (AvgIpc) is 3.44. The van der Waals surface area contributed by atoms with Crippen LogP contribution in [0.2, 0.25) is 0 Å². The van der Waals surface area contributed by atoms with E-state index in [1.54, 1.807) is 6.20 Å². The summed E-state index contributed by atoms with van der Waals surface area (Å²) in [7, 11) is 0. The minimum Gasteiger partial charge on any atom is -0.369 e. The van der Waals surface area contributed by atoms with Crippen molar-refractivity contribution in [3.8, 4) is 6.07 Å². The Hall–Kier alpha value is -3.47. The molecule has 0 bridgehead atoms. The number of H-pyrrole nitrogens is 1. The number of hydrogen-bond acceptors (Lipinski definition) is 6. The van der Waals surface area contributed by atoms with Crippen molar-refractivity contribution in [2.75, 3.05) is 11.9 Å². The zero-order chi connectivity index (χ0) is 18.2. The van der Waals surface area contributed by atoms with E-state index in [1.165, 1.54) is 6.20 Å². The number of nitrogens with zero attached hydrogens (tertiary/aromatic N) is 6. The average molecular weight is 358 g/mol. The van der Waals surface area contributed by atoms with Crippen molar-refractivity contribution < 1.29 is 0 Å². The van der Waals surface area contributed by atoms with Gasteiger partial charge in [-0.2, -0.15) is 5.26 Å². The van der Waals surface area contributed by atoms with Gasteiger partial charge in [0.05, 0.1) is 35.8 Å². The number of rotatable bonds is 4. The molecule has 134 valence electrons. The zero-order valence-electron chi connectivity index (χ0n) is 14.6. The van der Waals surface area contributed by atoms with E-state index in [0.29, 0.717) is 23.3 Å². The fourth-order valence-electron chi connectivity index (χ4n) is 4.01. The quantitative estimate of drug-likeness (QED) is 0.581. The van der Waals surface area contributed by atoms with Crippen molar-refractivity contribution in [3.63, 3.8) is 0 Å². The second kappa shape index (κ2) is 6.36. The molecule has 0 aromatic carbocycles. The molecule has 4 aromatic heterocycles. The summed E-state index contributed by atoms with van der Waals surface area (Å²) in [6, 6.07) is 4.03. The van der Waals surface area contributed by atoms with Crippen molar-refractivity contribution in [1.29, 1.82) is 5.26 Å². The summed E-state index contributed by atoms with van der Waals surface area (Å²) in [6.07, 6.45) is 12.2.